The maximum atomic E-state index is 4.10. The zero-order chi connectivity index (χ0) is 9.84. The molecular formula is C10H16N3+. The van der Waals surface area contributed by atoms with Gasteiger partial charge in [0.2, 0.25) is 11.0 Å². The first-order valence-corrected chi connectivity index (χ1v) is 4.58. The molecule has 0 saturated carbocycles. The van der Waals surface area contributed by atoms with Crippen molar-refractivity contribution in [2.24, 2.45) is 7.05 Å². The molecule has 0 amide bonds. The van der Waals surface area contributed by atoms with Crippen LogP contribution in [0.1, 0.15) is 19.4 Å². The van der Waals surface area contributed by atoms with Crippen LogP contribution >= 0.6 is 0 Å². The molecule has 1 aromatic carbocycles. The summed E-state index contributed by atoms with van der Waals surface area (Å²) < 4.78 is 1.91. The Morgan fingerprint density at radius 3 is 2.69 bits per heavy atom. The normalized spacial score (nSPS) is 9.54. The second-order valence-electron chi connectivity index (χ2n) is 2.76. The molecule has 13 heavy (non-hydrogen) atoms. The first kappa shape index (κ1) is 9.71. The maximum Gasteiger partial charge on any atom is 0.248 e. The molecule has 1 aromatic heterocycles. The van der Waals surface area contributed by atoms with Crippen molar-refractivity contribution in [2.75, 3.05) is 0 Å². The van der Waals surface area contributed by atoms with Gasteiger partial charge in [-0.1, -0.05) is 25.1 Å². The number of fused-ring (bicyclic) bond motifs is 1. The number of hydrogen-bond acceptors (Lipinski definition) is 1. The first-order valence-electron chi connectivity index (χ1n) is 4.58. The van der Waals surface area contributed by atoms with E-state index in [-0.39, 0.29) is 0 Å². The van der Waals surface area contributed by atoms with Gasteiger partial charge in [0.15, 0.2) is 0 Å². The Kier molecular flexibility index (Phi) is 3.01. The molecule has 2 rings (SSSR count). The van der Waals surface area contributed by atoms with E-state index >= 15 is 0 Å². The van der Waals surface area contributed by atoms with Crippen molar-refractivity contribution in [2.45, 2.75) is 20.8 Å². The molecule has 3 nitrogen and oxygen atoms in total. The van der Waals surface area contributed by atoms with Gasteiger partial charge in [-0.25, -0.2) is 0 Å². The molecule has 2 aromatic rings. The van der Waals surface area contributed by atoms with Gasteiger partial charge in [-0.2, -0.15) is 4.68 Å². The van der Waals surface area contributed by atoms with Crippen LogP contribution in [-0.4, -0.2) is 10.3 Å². The largest absolute Gasteiger partial charge is 0.248 e. The average Bonchev–Trinajstić information content (AvgIpc) is 2.52. The molecule has 0 aliphatic carbocycles. The predicted molar refractivity (Wildman–Crippen MR) is 53.4 cm³/mol. The third-order valence-corrected chi connectivity index (χ3v) is 1.81. The fourth-order valence-electron chi connectivity index (χ4n) is 1.18. The molecule has 70 valence electrons. The molecular weight excluding hydrogens is 162 g/mol. The Morgan fingerprint density at radius 2 is 2.00 bits per heavy atom. The highest BCUT2D eigenvalue weighted by Crippen LogP contribution is 2.07. The van der Waals surface area contributed by atoms with Crippen LogP contribution in [0.3, 0.4) is 0 Å². The Morgan fingerprint density at radius 1 is 1.31 bits per heavy atom. The third-order valence-electron chi connectivity index (χ3n) is 1.81. The minimum absolute atomic E-state index is 1.01. The highest BCUT2D eigenvalue weighted by molar-refractivity contribution is 5.70. The van der Waals surface area contributed by atoms with Crippen molar-refractivity contribution >= 4 is 11.0 Å². The number of nitrogens with one attached hydrogen (secondary N) is 1. The first-order chi connectivity index (χ1) is 6.27. The molecule has 0 saturated heterocycles. The minimum atomic E-state index is 1.01. The summed E-state index contributed by atoms with van der Waals surface area (Å²) in [5, 5.41) is 6.97. The van der Waals surface area contributed by atoms with Crippen LogP contribution in [0.2, 0.25) is 0 Å². The smallest absolute Gasteiger partial charge is 0.158 e. The van der Waals surface area contributed by atoms with E-state index in [1.807, 2.05) is 31.6 Å². The lowest BCUT2D eigenvalue weighted by atomic mass is 10.2. The summed E-state index contributed by atoms with van der Waals surface area (Å²) in [7, 11) is 1.95. The van der Waals surface area contributed by atoms with Gasteiger partial charge >= 0.3 is 0 Å². The van der Waals surface area contributed by atoms with Crippen LogP contribution < -0.4 is 4.68 Å². The van der Waals surface area contributed by atoms with Crippen molar-refractivity contribution in [1.82, 2.24) is 10.3 Å². The maximum absolute atomic E-state index is 4.10. The molecule has 1 heterocycles. The SMILES string of the molecule is CC.Cc1ccc2n[nH][n+](C)c2c1. The Labute approximate surface area is 78.4 Å². The van der Waals surface area contributed by atoms with E-state index in [9.17, 15) is 0 Å². The number of aromatic amines is 1. The van der Waals surface area contributed by atoms with Gasteiger partial charge in [-0.05, 0) is 24.6 Å². The van der Waals surface area contributed by atoms with Crippen LogP contribution in [-0.2, 0) is 7.05 Å². The van der Waals surface area contributed by atoms with E-state index in [4.69, 9.17) is 0 Å². The Balaban J connectivity index is 0.000000396. The summed E-state index contributed by atoms with van der Waals surface area (Å²) in [5.41, 5.74) is 3.41. The summed E-state index contributed by atoms with van der Waals surface area (Å²) in [6.45, 7) is 6.08. The number of aryl methyl sites for hydroxylation is 2. The summed E-state index contributed by atoms with van der Waals surface area (Å²) in [5.74, 6) is 0. The molecule has 0 spiro atoms. The van der Waals surface area contributed by atoms with Crippen molar-refractivity contribution in [3.63, 3.8) is 0 Å². The van der Waals surface area contributed by atoms with Crippen LogP contribution in [0.5, 0.6) is 0 Å². The standard InChI is InChI=1S/C8H9N3.C2H6/c1-6-3-4-7-8(5-6)11(2)10-9-7;1-2/h3-5H,1-2H3;1-2H3/p+1. The second-order valence-corrected chi connectivity index (χ2v) is 2.76. The number of aromatic nitrogens is 3. The monoisotopic (exact) mass is 178 g/mol. The van der Waals surface area contributed by atoms with E-state index in [0.29, 0.717) is 0 Å². The molecule has 3 heteroatoms. The van der Waals surface area contributed by atoms with E-state index in [0.717, 1.165) is 11.0 Å². The summed E-state index contributed by atoms with van der Waals surface area (Å²) in [4.78, 5) is 0. The molecule has 0 bridgehead atoms. The topological polar surface area (TPSA) is 32.6 Å². The zero-order valence-electron chi connectivity index (χ0n) is 8.63. The van der Waals surface area contributed by atoms with Gasteiger partial charge in [0.1, 0.15) is 7.05 Å². The van der Waals surface area contributed by atoms with Gasteiger partial charge in [-0.15, -0.1) is 0 Å². The molecule has 0 fully saturated rings. The van der Waals surface area contributed by atoms with E-state index in [2.05, 4.69) is 29.4 Å². The van der Waals surface area contributed by atoms with Crippen molar-refractivity contribution < 1.29 is 4.68 Å². The average molecular weight is 178 g/mol. The van der Waals surface area contributed by atoms with Gasteiger partial charge < -0.3 is 0 Å². The number of nitrogens with zero attached hydrogens (tertiary/aromatic N) is 2. The molecule has 0 aliphatic heterocycles. The van der Waals surface area contributed by atoms with E-state index in [1.54, 1.807) is 0 Å². The van der Waals surface area contributed by atoms with Gasteiger partial charge in [-0.3, -0.25) is 0 Å². The molecule has 0 aliphatic rings. The fraction of sp³-hybridized carbons (Fsp3) is 0.400. The van der Waals surface area contributed by atoms with Crippen LogP contribution in [0.15, 0.2) is 18.2 Å². The Bertz CT molecular complexity index is 390. The minimum Gasteiger partial charge on any atom is -0.158 e. The van der Waals surface area contributed by atoms with Gasteiger partial charge in [0, 0.05) is 5.10 Å². The number of benzene rings is 1. The lowest BCUT2D eigenvalue weighted by Gasteiger charge is -1.86. The number of H-pyrrole nitrogens is 1. The number of rotatable bonds is 0. The van der Waals surface area contributed by atoms with E-state index in [1.165, 1.54) is 5.56 Å². The van der Waals surface area contributed by atoms with Gasteiger partial charge in [0.05, 0.1) is 0 Å². The lowest BCUT2D eigenvalue weighted by Crippen LogP contribution is -2.30. The number of hydrogen-bond donors (Lipinski definition) is 1. The molecule has 0 radical (unpaired) electrons. The summed E-state index contributed by atoms with van der Waals surface area (Å²) in [6, 6.07) is 6.18. The van der Waals surface area contributed by atoms with Gasteiger partial charge in [0.25, 0.3) is 0 Å². The van der Waals surface area contributed by atoms with Crippen LogP contribution in [0.4, 0.5) is 0 Å². The zero-order valence-corrected chi connectivity index (χ0v) is 8.63. The third kappa shape index (κ3) is 1.86. The summed E-state index contributed by atoms with van der Waals surface area (Å²) >= 11 is 0. The lowest BCUT2D eigenvalue weighted by molar-refractivity contribution is -0.707. The molecule has 0 unspecified atom stereocenters. The van der Waals surface area contributed by atoms with Crippen LogP contribution in [0, 0.1) is 6.92 Å². The fourth-order valence-corrected chi connectivity index (χ4v) is 1.18. The van der Waals surface area contributed by atoms with Crippen molar-refractivity contribution in [3.05, 3.63) is 23.8 Å². The van der Waals surface area contributed by atoms with Crippen LogP contribution in [0.25, 0.3) is 11.0 Å². The van der Waals surface area contributed by atoms with E-state index < -0.39 is 0 Å². The highest BCUT2D eigenvalue weighted by Gasteiger charge is 2.07. The quantitative estimate of drug-likeness (QED) is 0.612. The predicted octanol–water partition coefficient (Wildman–Crippen LogP) is 1.72. The van der Waals surface area contributed by atoms with Crippen molar-refractivity contribution in [3.8, 4) is 0 Å². The molecule has 1 N–H and O–H groups in total. The second kappa shape index (κ2) is 4.03. The van der Waals surface area contributed by atoms with Crippen molar-refractivity contribution in [1.29, 1.82) is 0 Å². The summed E-state index contributed by atoms with van der Waals surface area (Å²) in [6.07, 6.45) is 0. The highest BCUT2D eigenvalue weighted by atomic mass is 15.4. The molecule has 0 atom stereocenters. The Hall–Kier alpha value is -1.38.